The van der Waals surface area contributed by atoms with Crippen LogP contribution in [0.15, 0.2) is 72.8 Å². The number of rotatable bonds is 7. The lowest BCUT2D eigenvalue weighted by atomic mass is 9.88. The van der Waals surface area contributed by atoms with Gasteiger partial charge in [-0.1, -0.05) is 18.2 Å². The highest BCUT2D eigenvalue weighted by Gasteiger charge is 2.46. The number of hydrogen-bond donors (Lipinski definition) is 2. The summed E-state index contributed by atoms with van der Waals surface area (Å²) in [5, 5.41) is 11.7. The topological polar surface area (TPSA) is 97.8 Å². The number of sulfonamides is 1. The van der Waals surface area contributed by atoms with Crippen LogP contribution >= 0.6 is 0 Å². The first-order chi connectivity index (χ1) is 18.5. The predicted octanol–water partition coefficient (Wildman–Crippen LogP) is 5.50. The molecule has 0 saturated carbocycles. The smallest absolute Gasteiger partial charge is 0.493 e. The molecule has 3 aromatic carbocycles. The lowest BCUT2D eigenvalue weighted by Crippen LogP contribution is -2.30. The molecule has 2 N–H and O–H groups in total. The van der Waals surface area contributed by atoms with E-state index in [1.54, 1.807) is 42.5 Å². The maximum absolute atomic E-state index is 13.4. The molecule has 12 heteroatoms. The number of fused-ring (bicyclic) bond motifs is 2. The molecule has 0 unspecified atom stereocenters. The Morgan fingerprint density at radius 1 is 1.05 bits per heavy atom. The molecule has 204 valence electrons. The van der Waals surface area contributed by atoms with Crippen LogP contribution in [0.2, 0.25) is 0 Å². The second kappa shape index (κ2) is 10.3. The van der Waals surface area contributed by atoms with Crippen LogP contribution in [0.3, 0.4) is 0 Å². The molecule has 39 heavy (non-hydrogen) atoms. The van der Waals surface area contributed by atoms with E-state index in [2.05, 4.69) is 4.98 Å². The number of benzene rings is 3. The van der Waals surface area contributed by atoms with Crippen LogP contribution in [0, 0.1) is 11.7 Å². The molecular formula is C27H22F4N2O5S. The third-order valence-corrected chi connectivity index (χ3v) is 7.39. The SMILES string of the molecule is O=S(=O)(Nc1cccc(C[C@H]2COc3ccc(OCc4ccc5cc(F)ccc5n4)cc3[C@H]2O)c1)C(F)(F)F. The minimum absolute atomic E-state index is 0.132. The van der Waals surface area contributed by atoms with Gasteiger partial charge >= 0.3 is 15.5 Å². The monoisotopic (exact) mass is 562 g/mol. The first-order valence-electron chi connectivity index (χ1n) is 11.8. The number of alkyl halides is 3. The summed E-state index contributed by atoms with van der Waals surface area (Å²) in [5.74, 6) is 0.134. The zero-order chi connectivity index (χ0) is 27.8. The molecule has 1 aliphatic heterocycles. The van der Waals surface area contributed by atoms with Crippen LogP contribution in [0.4, 0.5) is 23.2 Å². The van der Waals surface area contributed by atoms with E-state index in [0.29, 0.717) is 39.2 Å². The van der Waals surface area contributed by atoms with Crippen molar-refractivity contribution in [3.05, 3.63) is 95.4 Å². The highest BCUT2D eigenvalue weighted by Crippen LogP contribution is 2.39. The Bertz CT molecular complexity index is 1630. The Morgan fingerprint density at radius 2 is 1.87 bits per heavy atom. The number of nitrogens with one attached hydrogen (secondary N) is 1. The minimum atomic E-state index is -5.55. The molecule has 1 aliphatic rings. The van der Waals surface area contributed by atoms with Gasteiger partial charge in [0, 0.05) is 22.6 Å². The van der Waals surface area contributed by atoms with E-state index in [1.807, 2.05) is 0 Å². The molecule has 0 radical (unpaired) electrons. The average Bonchev–Trinajstić information content (AvgIpc) is 2.88. The Balaban J connectivity index is 1.27. The Labute approximate surface area is 221 Å². The average molecular weight is 563 g/mol. The molecule has 4 aromatic rings. The third-order valence-electron chi connectivity index (χ3n) is 6.28. The zero-order valence-electron chi connectivity index (χ0n) is 20.2. The van der Waals surface area contributed by atoms with Crippen molar-refractivity contribution in [2.24, 2.45) is 5.92 Å². The second-order valence-corrected chi connectivity index (χ2v) is 10.8. The first-order valence-corrected chi connectivity index (χ1v) is 13.3. The van der Waals surface area contributed by atoms with Gasteiger partial charge in [-0.3, -0.25) is 4.72 Å². The number of pyridine rings is 1. The summed E-state index contributed by atoms with van der Waals surface area (Å²) in [5.41, 5.74) is -3.42. The summed E-state index contributed by atoms with van der Waals surface area (Å²) in [7, 11) is -5.55. The molecule has 5 rings (SSSR count). The van der Waals surface area contributed by atoms with Crippen molar-refractivity contribution in [2.45, 2.75) is 24.6 Å². The fourth-order valence-electron chi connectivity index (χ4n) is 4.35. The normalized spacial score (nSPS) is 17.4. The molecule has 0 amide bonds. The summed E-state index contributed by atoms with van der Waals surface area (Å²) in [6, 6.07) is 18.4. The Morgan fingerprint density at radius 3 is 2.67 bits per heavy atom. The van der Waals surface area contributed by atoms with Crippen molar-refractivity contribution in [3.8, 4) is 11.5 Å². The van der Waals surface area contributed by atoms with Gasteiger partial charge in [0.25, 0.3) is 0 Å². The van der Waals surface area contributed by atoms with Crippen LogP contribution in [0.25, 0.3) is 10.9 Å². The molecule has 0 aliphatic carbocycles. The summed E-state index contributed by atoms with van der Waals surface area (Å²) in [4.78, 5) is 4.46. The van der Waals surface area contributed by atoms with E-state index in [9.17, 15) is 31.1 Å². The van der Waals surface area contributed by atoms with Crippen molar-refractivity contribution in [1.29, 1.82) is 0 Å². The standard InChI is InChI=1S/C27H22F4N2O5S/c28-19-5-8-24-17(12-19)4-6-21(32-24)15-37-22-7-9-25-23(13-22)26(34)18(14-38-25)10-16-2-1-3-20(11-16)33-39(35,36)27(29,30)31/h1-9,11-13,18,26,33-34H,10,14-15H2/t18-,26-/m0/s1. The summed E-state index contributed by atoms with van der Waals surface area (Å²) < 4.78 is 87.6. The lowest BCUT2D eigenvalue weighted by molar-refractivity contribution is -0.0429. The van der Waals surface area contributed by atoms with Crippen LogP contribution in [0.1, 0.15) is 22.9 Å². The molecule has 0 bridgehead atoms. The minimum Gasteiger partial charge on any atom is -0.493 e. The van der Waals surface area contributed by atoms with Crippen molar-refractivity contribution in [3.63, 3.8) is 0 Å². The van der Waals surface area contributed by atoms with E-state index >= 15 is 0 Å². The summed E-state index contributed by atoms with van der Waals surface area (Å²) in [6.07, 6.45) is -0.754. The fourth-order valence-corrected chi connectivity index (χ4v) is 4.90. The molecule has 0 fully saturated rings. The van der Waals surface area contributed by atoms with E-state index in [0.717, 1.165) is 0 Å². The lowest BCUT2D eigenvalue weighted by Gasteiger charge is -2.30. The van der Waals surface area contributed by atoms with E-state index in [-0.39, 0.29) is 31.1 Å². The zero-order valence-corrected chi connectivity index (χ0v) is 21.0. The maximum Gasteiger partial charge on any atom is 0.516 e. The van der Waals surface area contributed by atoms with Crippen molar-refractivity contribution < 1.29 is 40.6 Å². The van der Waals surface area contributed by atoms with Crippen LogP contribution < -0.4 is 14.2 Å². The quantitative estimate of drug-likeness (QED) is 0.289. The van der Waals surface area contributed by atoms with E-state index < -0.39 is 27.6 Å². The van der Waals surface area contributed by atoms with Gasteiger partial charge in [0.2, 0.25) is 0 Å². The molecule has 2 atom stereocenters. The first kappa shape index (κ1) is 26.7. The van der Waals surface area contributed by atoms with E-state index in [4.69, 9.17) is 9.47 Å². The van der Waals surface area contributed by atoms with Crippen molar-refractivity contribution in [1.82, 2.24) is 4.98 Å². The molecule has 0 saturated heterocycles. The van der Waals surface area contributed by atoms with Crippen LogP contribution in [0.5, 0.6) is 11.5 Å². The third kappa shape index (κ3) is 5.91. The van der Waals surface area contributed by atoms with Crippen molar-refractivity contribution in [2.75, 3.05) is 11.3 Å². The highest BCUT2D eigenvalue weighted by molar-refractivity contribution is 7.93. The van der Waals surface area contributed by atoms with Gasteiger partial charge in [0.1, 0.15) is 23.9 Å². The number of aromatic nitrogens is 1. The van der Waals surface area contributed by atoms with Gasteiger partial charge in [-0.2, -0.15) is 21.6 Å². The van der Waals surface area contributed by atoms with Crippen molar-refractivity contribution >= 4 is 26.6 Å². The molecule has 1 aromatic heterocycles. The van der Waals surface area contributed by atoms with Gasteiger partial charge in [0.05, 0.1) is 23.9 Å². The fraction of sp³-hybridized carbons (Fsp3) is 0.222. The van der Waals surface area contributed by atoms with Gasteiger partial charge in [-0.15, -0.1) is 0 Å². The Hall–Kier alpha value is -3.90. The Kier molecular flexibility index (Phi) is 7.08. The van der Waals surface area contributed by atoms with Gasteiger partial charge in [0.15, 0.2) is 0 Å². The maximum atomic E-state index is 13.4. The number of nitrogens with zero attached hydrogens (tertiary/aromatic N) is 1. The summed E-state index contributed by atoms with van der Waals surface area (Å²) in [6.45, 7) is 0.279. The number of ether oxygens (including phenoxy) is 2. The largest absolute Gasteiger partial charge is 0.516 e. The molecule has 2 heterocycles. The number of aliphatic hydroxyl groups excluding tert-OH is 1. The predicted molar refractivity (Wildman–Crippen MR) is 135 cm³/mol. The molecule has 0 spiro atoms. The van der Waals surface area contributed by atoms with Gasteiger partial charge < -0.3 is 14.6 Å². The number of hydrogen-bond acceptors (Lipinski definition) is 6. The van der Waals surface area contributed by atoms with Crippen LogP contribution in [-0.4, -0.2) is 30.6 Å². The molecular weight excluding hydrogens is 540 g/mol. The van der Waals surface area contributed by atoms with E-state index in [1.165, 1.54) is 35.1 Å². The highest BCUT2D eigenvalue weighted by atomic mass is 32.2. The van der Waals surface area contributed by atoms with Crippen LogP contribution in [-0.2, 0) is 23.1 Å². The number of halogens is 4. The number of anilines is 1. The molecule has 7 nitrogen and oxygen atoms in total. The summed E-state index contributed by atoms with van der Waals surface area (Å²) >= 11 is 0. The number of aliphatic hydroxyl groups is 1. The van der Waals surface area contributed by atoms with Gasteiger partial charge in [-0.25, -0.2) is 9.37 Å². The van der Waals surface area contributed by atoms with Gasteiger partial charge in [-0.05, 0) is 66.6 Å². The second-order valence-electron chi connectivity index (χ2n) is 9.10.